The van der Waals surface area contributed by atoms with E-state index >= 15 is 0 Å². The van der Waals surface area contributed by atoms with Crippen molar-refractivity contribution in [2.24, 2.45) is 0 Å². The van der Waals surface area contributed by atoms with Crippen LogP contribution in [-0.4, -0.2) is 26.4 Å². The van der Waals surface area contributed by atoms with Crippen LogP contribution in [0.5, 0.6) is 5.75 Å². The van der Waals surface area contributed by atoms with Gasteiger partial charge < -0.3 is 4.74 Å². The summed E-state index contributed by atoms with van der Waals surface area (Å²) in [7, 11) is 0. The molecule has 4 rings (SSSR count). The number of nitrogens with zero attached hydrogens (tertiary/aromatic N) is 4. The molecule has 5 nitrogen and oxygen atoms in total. The zero-order chi connectivity index (χ0) is 23.0. The van der Waals surface area contributed by atoms with Crippen molar-refractivity contribution in [3.8, 4) is 27.7 Å². The fourth-order valence-corrected chi connectivity index (χ4v) is 5.12. The lowest BCUT2D eigenvalue weighted by atomic mass is 10.1. The molecule has 0 amide bonds. The van der Waals surface area contributed by atoms with Gasteiger partial charge >= 0.3 is 0 Å². The molecule has 0 atom stereocenters. The van der Waals surface area contributed by atoms with E-state index in [1.165, 1.54) is 5.56 Å². The van der Waals surface area contributed by atoms with Gasteiger partial charge in [-0.25, -0.2) is 4.98 Å². The van der Waals surface area contributed by atoms with E-state index < -0.39 is 0 Å². The zero-order valence-corrected chi connectivity index (χ0v) is 20.7. The number of thioether (sulfide) groups is 1. The van der Waals surface area contributed by atoms with E-state index in [2.05, 4.69) is 64.8 Å². The number of aromatic nitrogens is 4. The van der Waals surface area contributed by atoms with Gasteiger partial charge in [0.25, 0.3) is 0 Å². The molecule has 0 bridgehead atoms. The van der Waals surface area contributed by atoms with Crippen molar-refractivity contribution in [3.63, 3.8) is 0 Å². The van der Waals surface area contributed by atoms with Crippen LogP contribution in [0.15, 0.2) is 71.7 Å². The van der Waals surface area contributed by atoms with Gasteiger partial charge in [-0.3, -0.25) is 4.57 Å². The van der Waals surface area contributed by atoms with Crippen LogP contribution in [0, 0.1) is 6.92 Å². The molecular weight excluding hydrogens is 448 g/mol. The molecule has 0 fully saturated rings. The number of rotatable bonds is 11. The van der Waals surface area contributed by atoms with Crippen LogP contribution < -0.4 is 4.74 Å². The van der Waals surface area contributed by atoms with Gasteiger partial charge in [0.05, 0.1) is 12.3 Å². The Morgan fingerprint density at radius 1 is 1.12 bits per heavy atom. The van der Waals surface area contributed by atoms with Crippen LogP contribution in [0.1, 0.15) is 31.0 Å². The summed E-state index contributed by atoms with van der Waals surface area (Å²) in [6, 6.07) is 16.5. The first kappa shape index (κ1) is 23.3. The summed E-state index contributed by atoms with van der Waals surface area (Å²) >= 11 is 3.32. The monoisotopic (exact) mass is 476 g/mol. The lowest BCUT2D eigenvalue weighted by Gasteiger charge is -2.09. The van der Waals surface area contributed by atoms with Crippen LogP contribution >= 0.6 is 23.1 Å². The molecule has 33 heavy (non-hydrogen) atoms. The molecule has 2 heterocycles. The predicted molar refractivity (Wildman–Crippen MR) is 138 cm³/mol. The van der Waals surface area contributed by atoms with E-state index in [1.807, 2.05) is 30.3 Å². The molecule has 0 unspecified atom stereocenters. The topological polar surface area (TPSA) is 52.8 Å². The first-order valence-electron chi connectivity index (χ1n) is 11.1. The maximum Gasteiger partial charge on any atom is 0.192 e. The molecule has 0 saturated carbocycles. The smallest absolute Gasteiger partial charge is 0.192 e. The van der Waals surface area contributed by atoms with Gasteiger partial charge in [-0.1, -0.05) is 54.9 Å². The molecule has 7 heteroatoms. The average molecular weight is 477 g/mol. The normalized spacial score (nSPS) is 11.0. The fraction of sp³-hybridized carbons (Fsp3) is 0.269. The minimum absolute atomic E-state index is 0.644. The second kappa shape index (κ2) is 11.3. The van der Waals surface area contributed by atoms with Gasteiger partial charge in [0.2, 0.25) is 0 Å². The Hall–Kier alpha value is -2.90. The number of unbranched alkanes of at least 4 members (excludes halogenated alkanes) is 1. The van der Waals surface area contributed by atoms with E-state index in [1.54, 1.807) is 23.1 Å². The highest BCUT2D eigenvalue weighted by Crippen LogP contribution is 2.30. The van der Waals surface area contributed by atoms with Crippen molar-refractivity contribution in [1.82, 2.24) is 19.7 Å². The van der Waals surface area contributed by atoms with Crippen LogP contribution in [0.25, 0.3) is 22.0 Å². The molecule has 0 aliphatic heterocycles. The second-order valence-electron chi connectivity index (χ2n) is 7.73. The number of ether oxygens (including phenoxy) is 1. The maximum atomic E-state index is 5.78. The molecule has 0 spiro atoms. The van der Waals surface area contributed by atoms with E-state index in [0.29, 0.717) is 6.54 Å². The first-order valence-corrected chi connectivity index (χ1v) is 13.0. The van der Waals surface area contributed by atoms with Crippen molar-refractivity contribution >= 4 is 23.1 Å². The minimum Gasteiger partial charge on any atom is -0.494 e. The third-order valence-electron chi connectivity index (χ3n) is 5.07. The van der Waals surface area contributed by atoms with Crippen molar-refractivity contribution in [3.05, 3.63) is 77.8 Å². The van der Waals surface area contributed by atoms with Crippen LogP contribution in [0.4, 0.5) is 0 Å². The summed E-state index contributed by atoms with van der Waals surface area (Å²) in [4.78, 5) is 4.82. The Kier molecular flexibility index (Phi) is 7.96. The van der Waals surface area contributed by atoms with E-state index in [4.69, 9.17) is 9.72 Å². The highest BCUT2D eigenvalue weighted by Gasteiger charge is 2.15. The number of benzene rings is 2. The van der Waals surface area contributed by atoms with Crippen molar-refractivity contribution < 1.29 is 4.74 Å². The average Bonchev–Trinajstić information content (AvgIpc) is 3.46. The Morgan fingerprint density at radius 3 is 2.73 bits per heavy atom. The fourth-order valence-electron chi connectivity index (χ4n) is 3.36. The van der Waals surface area contributed by atoms with E-state index in [9.17, 15) is 0 Å². The van der Waals surface area contributed by atoms with Crippen LogP contribution in [0.2, 0.25) is 0 Å². The van der Waals surface area contributed by atoms with Crippen molar-refractivity contribution in [2.75, 3.05) is 6.61 Å². The summed E-state index contributed by atoms with van der Waals surface area (Å²) in [6.45, 7) is 9.56. The quantitative estimate of drug-likeness (QED) is 0.132. The van der Waals surface area contributed by atoms with Gasteiger partial charge in [-0.05, 0) is 43.7 Å². The Bertz CT molecular complexity index is 1200. The molecule has 0 saturated heterocycles. The molecule has 4 aromatic rings. The van der Waals surface area contributed by atoms with Gasteiger partial charge in [0.1, 0.15) is 10.8 Å². The number of hydrogen-bond donors (Lipinski definition) is 0. The predicted octanol–water partition coefficient (Wildman–Crippen LogP) is 7.03. The Labute approximate surface area is 203 Å². The van der Waals surface area contributed by atoms with Crippen molar-refractivity contribution in [2.45, 2.75) is 44.1 Å². The highest BCUT2D eigenvalue weighted by molar-refractivity contribution is 7.98. The van der Waals surface area contributed by atoms with Crippen LogP contribution in [0.3, 0.4) is 0 Å². The molecule has 0 aliphatic rings. The van der Waals surface area contributed by atoms with Crippen molar-refractivity contribution in [1.29, 1.82) is 0 Å². The number of allylic oxidation sites excluding steroid dienone is 1. The summed E-state index contributed by atoms with van der Waals surface area (Å²) in [5.41, 5.74) is 4.46. The molecule has 2 aromatic heterocycles. The zero-order valence-electron chi connectivity index (χ0n) is 19.0. The second-order valence-corrected chi connectivity index (χ2v) is 9.53. The highest BCUT2D eigenvalue weighted by atomic mass is 32.2. The molecular formula is C26H28N4OS2. The molecule has 0 radical (unpaired) electrons. The summed E-state index contributed by atoms with van der Waals surface area (Å²) in [5.74, 6) is 2.45. The number of hydrogen-bond acceptors (Lipinski definition) is 6. The van der Waals surface area contributed by atoms with Gasteiger partial charge in [0, 0.05) is 28.8 Å². The Balaban J connectivity index is 1.46. The molecule has 2 aromatic carbocycles. The maximum absolute atomic E-state index is 5.78. The molecule has 0 N–H and O–H groups in total. The molecule has 0 aliphatic carbocycles. The SMILES string of the molecule is C=CCn1c(SCc2csc(-c3cccc(C)c3)n2)nnc1-c1ccc(OCCCC)cc1. The molecule has 170 valence electrons. The summed E-state index contributed by atoms with van der Waals surface area (Å²) in [5, 5.41) is 13.0. The van der Waals surface area contributed by atoms with Gasteiger partial charge in [-0.15, -0.1) is 28.1 Å². The third kappa shape index (κ3) is 5.92. The summed E-state index contributed by atoms with van der Waals surface area (Å²) in [6.07, 6.45) is 4.05. The first-order chi connectivity index (χ1) is 16.2. The summed E-state index contributed by atoms with van der Waals surface area (Å²) < 4.78 is 7.87. The van der Waals surface area contributed by atoms with Crippen LogP contribution in [-0.2, 0) is 12.3 Å². The lowest BCUT2D eigenvalue weighted by molar-refractivity contribution is 0.309. The Morgan fingerprint density at radius 2 is 1.97 bits per heavy atom. The van der Waals surface area contributed by atoms with E-state index in [-0.39, 0.29) is 0 Å². The minimum atomic E-state index is 0.644. The number of aryl methyl sites for hydroxylation is 1. The third-order valence-corrected chi connectivity index (χ3v) is 7.01. The largest absolute Gasteiger partial charge is 0.494 e. The standard InChI is InChI=1S/C26H28N4OS2/c1-4-6-15-31-23-12-10-20(11-13-23)24-28-29-26(30(24)14-5-2)33-18-22-17-32-25(27-22)21-9-7-8-19(3)16-21/h5,7-13,16-17H,2,4,6,14-15,18H2,1,3H3. The van der Waals surface area contributed by atoms with E-state index in [0.717, 1.165) is 63.8 Å². The number of thiazole rings is 1. The van der Waals surface area contributed by atoms with Gasteiger partial charge in [0.15, 0.2) is 11.0 Å². The van der Waals surface area contributed by atoms with Gasteiger partial charge in [-0.2, -0.15) is 0 Å². The lowest BCUT2D eigenvalue weighted by Crippen LogP contribution is -2.01.